The molecule has 0 radical (unpaired) electrons. The second-order valence-corrected chi connectivity index (χ2v) is 6.86. The van der Waals surface area contributed by atoms with Gasteiger partial charge in [0.15, 0.2) is 5.69 Å². The fraction of sp³-hybridized carbons (Fsp3) is 0.421. The lowest BCUT2D eigenvalue weighted by atomic mass is 9.98. The number of hydrogen-bond acceptors (Lipinski definition) is 3. The average Bonchev–Trinajstić information content (AvgIpc) is 2.95. The molecule has 1 fully saturated rings. The quantitative estimate of drug-likeness (QED) is 0.931. The summed E-state index contributed by atoms with van der Waals surface area (Å²) in [6.07, 6.45) is 1.33. The van der Waals surface area contributed by atoms with Crippen molar-refractivity contribution in [3.8, 4) is 5.69 Å². The molecule has 0 aliphatic carbocycles. The normalized spacial score (nSPS) is 17.6. The SMILES string of the molecule is Cc1cc(C)cc(-n2nc(C(=O)N3CCC[C@H](C(=O)O)C3)cc2C)c1. The zero-order valence-electron chi connectivity index (χ0n) is 14.8. The van der Waals surface area contributed by atoms with Gasteiger partial charge < -0.3 is 10.0 Å². The second-order valence-electron chi connectivity index (χ2n) is 6.86. The van der Waals surface area contributed by atoms with Crippen molar-refractivity contribution in [2.24, 2.45) is 5.92 Å². The van der Waals surface area contributed by atoms with Gasteiger partial charge in [0.1, 0.15) is 0 Å². The van der Waals surface area contributed by atoms with Crippen molar-refractivity contribution in [1.29, 1.82) is 0 Å². The highest BCUT2D eigenvalue weighted by Crippen LogP contribution is 2.20. The number of aliphatic carboxylic acids is 1. The molecule has 0 unspecified atom stereocenters. The van der Waals surface area contributed by atoms with Gasteiger partial charge in [-0.25, -0.2) is 4.68 Å². The summed E-state index contributed by atoms with van der Waals surface area (Å²) in [5.41, 5.74) is 4.44. The third-order valence-electron chi connectivity index (χ3n) is 4.62. The first-order valence-electron chi connectivity index (χ1n) is 8.52. The van der Waals surface area contributed by atoms with Crippen molar-refractivity contribution in [2.75, 3.05) is 13.1 Å². The van der Waals surface area contributed by atoms with Crippen molar-refractivity contribution in [3.63, 3.8) is 0 Å². The van der Waals surface area contributed by atoms with Crippen LogP contribution < -0.4 is 0 Å². The Hall–Kier alpha value is -2.63. The number of carboxylic acids is 1. The highest BCUT2D eigenvalue weighted by atomic mass is 16.4. The molecule has 1 aliphatic rings. The smallest absolute Gasteiger partial charge is 0.308 e. The number of hydrogen-bond donors (Lipinski definition) is 1. The molecule has 1 N–H and O–H groups in total. The Morgan fingerprint density at radius 3 is 2.44 bits per heavy atom. The summed E-state index contributed by atoms with van der Waals surface area (Å²) in [4.78, 5) is 25.6. The molecule has 0 spiro atoms. The summed E-state index contributed by atoms with van der Waals surface area (Å²) in [7, 11) is 0. The lowest BCUT2D eigenvalue weighted by Crippen LogP contribution is -2.42. The molecule has 132 valence electrons. The number of piperidine rings is 1. The van der Waals surface area contributed by atoms with Crippen LogP contribution in [0, 0.1) is 26.7 Å². The molecular formula is C19H23N3O3. The van der Waals surface area contributed by atoms with Gasteiger partial charge in [-0.2, -0.15) is 5.10 Å². The molecule has 25 heavy (non-hydrogen) atoms. The van der Waals surface area contributed by atoms with Crippen LogP contribution in [-0.4, -0.2) is 44.8 Å². The number of aryl methyl sites for hydroxylation is 3. The number of likely N-dealkylation sites (tertiary alicyclic amines) is 1. The maximum absolute atomic E-state index is 12.8. The summed E-state index contributed by atoms with van der Waals surface area (Å²) in [5, 5.41) is 13.7. The Morgan fingerprint density at radius 1 is 1.12 bits per heavy atom. The number of aromatic nitrogens is 2. The number of carboxylic acid groups (broad SMARTS) is 1. The van der Waals surface area contributed by atoms with E-state index in [4.69, 9.17) is 0 Å². The fourth-order valence-electron chi connectivity index (χ4n) is 3.44. The molecule has 2 heterocycles. The predicted molar refractivity (Wildman–Crippen MR) is 94.0 cm³/mol. The van der Waals surface area contributed by atoms with E-state index < -0.39 is 11.9 Å². The molecule has 3 rings (SSSR count). The van der Waals surface area contributed by atoms with Crippen molar-refractivity contribution in [1.82, 2.24) is 14.7 Å². The van der Waals surface area contributed by atoms with E-state index in [1.807, 2.05) is 32.9 Å². The van der Waals surface area contributed by atoms with Crippen LogP contribution in [0.5, 0.6) is 0 Å². The van der Waals surface area contributed by atoms with Gasteiger partial charge in [-0.15, -0.1) is 0 Å². The largest absolute Gasteiger partial charge is 0.481 e. The molecule has 1 amide bonds. The van der Waals surface area contributed by atoms with E-state index in [0.29, 0.717) is 25.1 Å². The Labute approximate surface area is 147 Å². The Kier molecular flexibility index (Phi) is 4.61. The first-order valence-corrected chi connectivity index (χ1v) is 8.52. The predicted octanol–water partition coefficient (Wildman–Crippen LogP) is 2.73. The molecule has 1 saturated heterocycles. The van der Waals surface area contributed by atoms with E-state index in [1.165, 1.54) is 0 Å². The summed E-state index contributed by atoms with van der Waals surface area (Å²) >= 11 is 0. The van der Waals surface area contributed by atoms with Gasteiger partial charge in [0, 0.05) is 18.8 Å². The molecule has 6 heteroatoms. The third-order valence-corrected chi connectivity index (χ3v) is 4.62. The molecule has 2 aromatic rings. The number of amides is 1. The minimum absolute atomic E-state index is 0.197. The summed E-state index contributed by atoms with van der Waals surface area (Å²) < 4.78 is 1.77. The minimum atomic E-state index is -0.838. The first-order chi connectivity index (χ1) is 11.8. The molecule has 1 aliphatic heterocycles. The fourth-order valence-corrected chi connectivity index (χ4v) is 3.44. The first kappa shape index (κ1) is 17.2. The summed E-state index contributed by atoms with van der Waals surface area (Å²) in [6.45, 7) is 6.81. The molecular weight excluding hydrogens is 318 g/mol. The third kappa shape index (κ3) is 3.57. The van der Waals surface area contributed by atoms with Gasteiger partial charge in [0.25, 0.3) is 5.91 Å². The molecule has 1 aromatic heterocycles. The van der Waals surface area contributed by atoms with E-state index in [9.17, 15) is 14.7 Å². The van der Waals surface area contributed by atoms with Crippen LogP contribution >= 0.6 is 0 Å². The zero-order chi connectivity index (χ0) is 18.1. The molecule has 1 aromatic carbocycles. The van der Waals surface area contributed by atoms with Crippen LogP contribution in [0.25, 0.3) is 5.69 Å². The van der Waals surface area contributed by atoms with Gasteiger partial charge in [-0.05, 0) is 62.9 Å². The number of carbonyl (C=O) groups is 2. The number of carbonyl (C=O) groups excluding carboxylic acids is 1. The standard InChI is InChI=1S/C19H23N3O3/c1-12-7-13(2)9-16(8-12)22-14(3)10-17(20-22)18(23)21-6-4-5-15(11-21)19(24)25/h7-10,15H,4-6,11H2,1-3H3,(H,24,25)/t15-/m0/s1. The summed E-state index contributed by atoms with van der Waals surface area (Å²) in [6, 6.07) is 7.92. The van der Waals surface area contributed by atoms with Crippen molar-refractivity contribution in [2.45, 2.75) is 33.6 Å². The molecule has 0 saturated carbocycles. The Morgan fingerprint density at radius 2 is 1.80 bits per heavy atom. The highest BCUT2D eigenvalue weighted by molar-refractivity contribution is 5.93. The van der Waals surface area contributed by atoms with Crippen molar-refractivity contribution < 1.29 is 14.7 Å². The molecule has 6 nitrogen and oxygen atoms in total. The van der Waals surface area contributed by atoms with Gasteiger partial charge in [0.05, 0.1) is 11.6 Å². The zero-order valence-corrected chi connectivity index (χ0v) is 14.8. The van der Waals surface area contributed by atoms with E-state index in [-0.39, 0.29) is 12.5 Å². The lowest BCUT2D eigenvalue weighted by molar-refractivity contribution is -0.143. The average molecular weight is 341 g/mol. The molecule has 1 atom stereocenters. The number of rotatable bonds is 3. The van der Waals surface area contributed by atoms with E-state index in [1.54, 1.807) is 15.6 Å². The van der Waals surface area contributed by atoms with Crippen LogP contribution in [0.2, 0.25) is 0 Å². The maximum atomic E-state index is 12.8. The number of nitrogens with zero attached hydrogens (tertiary/aromatic N) is 3. The monoisotopic (exact) mass is 341 g/mol. The maximum Gasteiger partial charge on any atom is 0.308 e. The van der Waals surface area contributed by atoms with E-state index in [0.717, 1.165) is 22.5 Å². The van der Waals surface area contributed by atoms with Gasteiger partial charge in [0.2, 0.25) is 0 Å². The van der Waals surface area contributed by atoms with Crippen LogP contribution in [0.3, 0.4) is 0 Å². The van der Waals surface area contributed by atoms with Crippen LogP contribution in [0.4, 0.5) is 0 Å². The van der Waals surface area contributed by atoms with Crippen LogP contribution in [0.15, 0.2) is 24.3 Å². The highest BCUT2D eigenvalue weighted by Gasteiger charge is 2.29. The summed E-state index contributed by atoms with van der Waals surface area (Å²) in [5.74, 6) is -1.52. The Balaban J connectivity index is 1.86. The van der Waals surface area contributed by atoms with Gasteiger partial charge in [-0.3, -0.25) is 9.59 Å². The van der Waals surface area contributed by atoms with Crippen LogP contribution in [0.1, 0.15) is 40.2 Å². The molecule has 0 bridgehead atoms. The van der Waals surface area contributed by atoms with Gasteiger partial charge >= 0.3 is 5.97 Å². The van der Waals surface area contributed by atoms with Gasteiger partial charge in [-0.1, -0.05) is 6.07 Å². The Bertz CT molecular complexity index is 805. The van der Waals surface area contributed by atoms with E-state index in [2.05, 4.69) is 11.2 Å². The van der Waals surface area contributed by atoms with Crippen molar-refractivity contribution >= 4 is 11.9 Å². The number of benzene rings is 1. The minimum Gasteiger partial charge on any atom is -0.481 e. The lowest BCUT2D eigenvalue weighted by Gasteiger charge is -2.30. The van der Waals surface area contributed by atoms with Crippen molar-refractivity contribution in [3.05, 3.63) is 46.8 Å². The van der Waals surface area contributed by atoms with Crippen LogP contribution in [-0.2, 0) is 4.79 Å². The van der Waals surface area contributed by atoms with E-state index >= 15 is 0 Å². The topological polar surface area (TPSA) is 75.4 Å². The second kappa shape index (κ2) is 6.70.